The van der Waals surface area contributed by atoms with Gasteiger partial charge in [-0.15, -0.1) is 0 Å². The lowest BCUT2D eigenvalue weighted by atomic mass is 9.95. The van der Waals surface area contributed by atoms with Crippen molar-refractivity contribution in [1.82, 2.24) is 5.32 Å². The Morgan fingerprint density at radius 1 is 1.20 bits per heavy atom. The van der Waals surface area contributed by atoms with Gasteiger partial charge in [-0.1, -0.05) is 26.7 Å². The van der Waals surface area contributed by atoms with Gasteiger partial charge in [0.1, 0.15) is 0 Å². The second kappa shape index (κ2) is 7.09. The van der Waals surface area contributed by atoms with Gasteiger partial charge < -0.3 is 5.32 Å². The highest BCUT2D eigenvalue weighted by Gasteiger charge is 2.28. The van der Waals surface area contributed by atoms with Crippen LogP contribution in [0.4, 0.5) is 13.2 Å². The Morgan fingerprint density at radius 3 is 2.20 bits per heavy atom. The van der Waals surface area contributed by atoms with Crippen LogP contribution in [-0.4, -0.2) is 19.3 Å². The van der Waals surface area contributed by atoms with Gasteiger partial charge in [-0.3, -0.25) is 0 Å². The van der Waals surface area contributed by atoms with E-state index in [1.54, 1.807) is 7.05 Å². The lowest BCUT2D eigenvalue weighted by Gasteiger charge is -2.20. The van der Waals surface area contributed by atoms with Gasteiger partial charge in [-0.2, -0.15) is 13.2 Å². The molecular weight excluding hydrogens is 203 g/mol. The molecule has 0 rings (SSSR count). The first-order chi connectivity index (χ1) is 6.89. The van der Waals surface area contributed by atoms with Crippen LogP contribution < -0.4 is 5.32 Å². The van der Waals surface area contributed by atoms with Crippen molar-refractivity contribution in [3.05, 3.63) is 0 Å². The van der Waals surface area contributed by atoms with E-state index in [0.29, 0.717) is 5.92 Å². The Kier molecular flexibility index (Phi) is 6.98. The van der Waals surface area contributed by atoms with Gasteiger partial charge in [-0.05, 0) is 25.8 Å². The largest absolute Gasteiger partial charge is 0.389 e. The first kappa shape index (κ1) is 14.8. The highest BCUT2D eigenvalue weighted by molar-refractivity contribution is 4.70. The number of hydrogen-bond donors (Lipinski definition) is 1. The number of hydrogen-bond acceptors (Lipinski definition) is 1. The van der Waals surface area contributed by atoms with E-state index in [9.17, 15) is 13.2 Å². The van der Waals surface area contributed by atoms with Gasteiger partial charge in [0.15, 0.2) is 0 Å². The van der Waals surface area contributed by atoms with E-state index < -0.39 is 12.6 Å². The Morgan fingerprint density at radius 2 is 1.80 bits per heavy atom. The summed E-state index contributed by atoms with van der Waals surface area (Å²) in [7, 11) is 1.74. The Balaban J connectivity index is 3.82. The number of alkyl halides is 3. The van der Waals surface area contributed by atoms with Crippen molar-refractivity contribution < 1.29 is 13.2 Å². The molecule has 0 heterocycles. The maximum absolute atomic E-state index is 12.0. The predicted molar refractivity (Wildman–Crippen MR) is 56.8 cm³/mol. The first-order valence-corrected chi connectivity index (χ1v) is 5.63. The average Bonchev–Trinajstić information content (AvgIpc) is 2.11. The number of rotatable bonds is 7. The zero-order valence-electron chi connectivity index (χ0n) is 9.82. The molecule has 0 aliphatic heterocycles. The van der Waals surface area contributed by atoms with Crippen LogP contribution in [0.5, 0.6) is 0 Å². The molecule has 0 aliphatic carbocycles. The topological polar surface area (TPSA) is 12.0 Å². The second-order valence-corrected chi connectivity index (χ2v) is 4.27. The van der Waals surface area contributed by atoms with Crippen molar-refractivity contribution in [2.75, 3.05) is 7.05 Å². The van der Waals surface area contributed by atoms with Gasteiger partial charge in [0, 0.05) is 12.5 Å². The minimum absolute atomic E-state index is 0.00632. The molecule has 0 aromatic carbocycles. The summed E-state index contributed by atoms with van der Waals surface area (Å²) in [6.45, 7) is 4.20. The standard InChI is InChI=1S/C11H22F3N/c1-4-5-9(2)8-10(15-3)6-7-11(12,13)14/h9-10,15H,4-8H2,1-3H3. The summed E-state index contributed by atoms with van der Waals surface area (Å²) in [5.74, 6) is 0.501. The Bertz CT molecular complexity index is 156. The van der Waals surface area contributed by atoms with Crippen molar-refractivity contribution in [1.29, 1.82) is 0 Å². The quantitative estimate of drug-likeness (QED) is 0.696. The second-order valence-electron chi connectivity index (χ2n) is 4.27. The monoisotopic (exact) mass is 225 g/mol. The summed E-state index contributed by atoms with van der Waals surface area (Å²) in [4.78, 5) is 0. The fourth-order valence-electron chi connectivity index (χ4n) is 1.81. The minimum Gasteiger partial charge on any atom is -0.317 e. The van der Waals surface area contributed by atoms with E-state index in [0.717, 1.165) is 19.3 Å². The molecular formula is C11H22F3N. The molecule has 0 spiro atoms. The molecule has 0 aromatic heterocycles. The molecule has 0 saturated carbocycles. The van der Waals surface area contributed by atoms with Crippen LogP contribution in [-0.2, 0) is 0 Å². The smallest absolute Gasteiger partial charge is 0.317 e. The van der Waals surface area contributed by atoms with Gasteiger partial charge in [0.2, 0.25) is 0 Å². The van der Waals surface area contributed by atoms with Crippen LogP contribution >= 0.6 is 0 Å². The summed E-state index contributed by atoms with van der Waals surface area (Å²) in [6.07, 6.45) is -1.50. The van der Waals surface area contributed by atoms with E-state index in [4.69, 9.17) is 0 Å². The van der Waals surface area contributed by atoms with Crippen LogP contribution in [0.1, 0.15) is 46.0 Å². The van der Waals surface area contributed by atoms with Crippen molar-refractivity contribution in [3.63, 3.8) is 0 Å². The molecule has 2 atom stereocenters. The zero-order chi connectivity index (χ0) is 11.9. The lowest BCUT2D eigenvalue weighted by Crippen LogP contribution is -2.29. The summed E-state index contributed by atoms with van der Waals surface area (Å²) in [6, 6.07) is -0.00632. The number of nitrogens with one attached hydrogen (secondary N) is 1. The Labute approximate surface area is 90.4 Å². The van der Waals surface area contributed by atoms with Gasteiger partial charge in [0.25, 0.3) is 0 Å². The van der Waals surface area contributed by atoms with Crippen molar-refractivity contribution in [2.24, 2.45) is 5.92 Å². The molecule has 0 fully saturated rings. The maximum Gasteiger partial charge on any atom is 0.389 e. The van der Waals surface area contributed by atoms with Crippen LogP contribution in [0.15, 0.2) is 0 Å². The van der Waals surface area contributed by atoms with Crippen LogP contribution in [0.3, 0.4) is 0 Å². The fourth-order valence-corrected chi connectivity index (χ4v) is 1.81. The van der Waals surface area contributed by atoms with E-state index in [1.807, 2.05) is 0 Å². The van der Waals surface area contributed by atoms with Crippen LogP contribution in [0, 0.1) is 5.92 Å². The van der Waals surface area contributed by atoms with Crippen molar-refractivity contribution in [2.45, 2.75) is 58.2 Å². The van der Waals surface area contributed by atoms with E-state index in [2.05, 4.69) is 19.2 Å². The van der Waals surface area contributed by atoms with Crippen molar-refractivity contribution >= 4 is 0 Å². The van der Waals surface area contributed by atoms with Crippen molar-refractivity contribution in [3.8, 4) is 0 Å². The average molecular weight is 225 g/mol. The maximum atomic E-state index is 12.0. The molecule has 1 nitrogen and oxygen atoms in total. The van der Waals surface area contributed by atoms with Crippen LogP contribution in [0.2, 0.25) is 0 Å². The summed E-state index contributed by atoms with van der Waals surface area (Å²) in [5.41, 5.74) is 0. The first-order valence-electron chi connectivity index (χ1n) is 5.63. The van der Waals surface area contributed by atoms with E-state index in [-0.39, 0.29) is 12.5 Å². The highest BCUT2D eigenvalue weighted by Crippen LogP contribution is 2.24. The minimum atomic E-state index is -4.02. The molecule has 1 N–H and O–H groups in total. The van der Waals surface area contributed by atoms with Gasteiger partial charge in [0.05, 0.1) is 0 Å². The number of halogens is 3. The third kappa shape index (κ3) is 8.73. The SMILES string of the molecule is CCCC(C)CC(CCC(F)(F)F)NC. The molecule has 0 bridgehead atoms. The molecule has 92 valence electrons. The third-order valence-corrected chi connectivity index (χ3v) is 2.65. The molecule has 0 radical (unpaired) electrons. The summed E-state index contributed by atoms with van der Waals surface area (Å²) < 4.78 is 36.0. The van der Waals surface area contributed by atoms with Gasteiger partial charge in [-0.25, -0.2) is 0 Å². The predicted octanol–water partition coefficient (Wildman–Crippen LogP) is 3.74. The molecule has 0 amide bonds. The van der Waals surface area contributed by atoms with Gasteiger partial charge >= 0.3 is 6.18 Å². The van der Waals surface area contributed by atoms with E-state index >= 15 is 0 Å². The molecule has 0 aliphatic rings. The Hall–Kier alpha value is -0.250. The molecule has 2 unspecified atom stereocenters. The van der Waals surface area contributed by atoms with E-state index in [1.165, 1.54) is 0 Å². The normalized spacial score (nSPS) is 16.4. The fraction of sp³-hybridized carbons (Fsp3) is 1.00. The zero-order valence-corrected chi connectivity index (χ0v) is 9.82. The molecule has 0 saturated heterocycles. The molecule has 15 heavy (non-hydrogen) atoms. The summed E-state index contributed by atoms with van der Waals surface area (Å²) >= 11 is 0. The highest BCUT2D eigenvalue weighted by atomic mass is 19.4. The molecule has 4 heteroatoms. The summed E-state index contributed by atoms with van der Waals surface area (Å²) in [5, 5.41) is 2.96. The lowest BCUT2D eigenvalue weighted by molar-refractivity contribution is -0.136. The third-order valence-electron chi connectivity index (χ3n) is 2.65. The van der Waals surface area contributed by atoms with Crippen LogP contribution in [0.25, 0.3) is 0 Å². The molecule has 0 aromatic rings.